The van der Waals surface area contributed by atoms with Gasteiger partial charge < -0.3 is 30.4 Å². The highest BCUT2D eigenvalue weighted by Gasteiger charge is 2.51. The van der Waals surface area contributed by atoms with Crippen LogP contribution in [-0.4, -0.2) is 51.8 Å². The lowest BCUT2D eigenvalue weighted by Crippen LogP contribution is -2.44. The van der Waals surface area contributed by atoms with Gasteiger partial charge in [0.2, 0.25) is 0 Å². The van der Waals surface area contributed by atoms with Crippen LogP contribution in [0.4, 0.5) is 0 Å². The lowest BCUT2D eigenvalue weighted by molar-refractivity contribution is -0.127. The number of allylic oxidation sites excluding steroid dienone is 2. The van der Waals surface area contributed by atoms with Gasteiger partial charge in [-0.25, -0.2) is 0 Å². The van der Waals surface area contributed by atoms with Gasteiger partial charge in [0, 0.05) is 29.7 Å². The number of carbonyl (C=O) groups excluding carboxylic acids is 3. The first-order chi connectivity index (χ1) is 16.6. The number of phenols is 1. The Morgan fingerprint density at radius 3 is 2.57 bits per heavy atom. The lowest BCUT2D eigenvalue weighted by Gasteiger charge is -2.41. The number of benzene rings is 1. The van der Waals surface area contributed by atoms with Gasteiger partial charge >= 0.3 is 0 Å². The first kappa shape index (κ1) is 22.9. The van der Waals surface area contributed by atoms with Crippen LogP contribution in [0.5, 0.6) is 5.75 Å². The largest absolute Gasteiger partial charge is 0.511 e. The van der Waals surface area contributed by atoms with Gasteiger partial charge in [0.25, 0.3) is 5.91 Å². The molecule has 3 aliphatic carbocycles. The van der Waals surface area contributed by atoms with Crippen LogP contribution in [-0.2, 0) is 27.3 Å². The molecule has 9 nitrogen and oxygen atoms in total. The maximum Gasteiger partial charge on any atom is 0.255 e. The van der Waals surface area contributed by atoms with E-state index in [0.717, 1.165) is 11.1 Å². The van der Waals surface area contributed by atoms with Gasteiger partial charge in [-0.2, -0.15) is 0 Å². The van der Waals surface area contributed by atoms with E-state index in [0.29, 0.717) is 30.5 Å². The van der Waals surface area contributed by atoms with Crippen LogP contribution in [0.15, 0.2) is 46.0 Å². The standard InChI is InChI=1S/C26H26N2O7/c1-28(2)9-14-7-15(11-3-4-35-10-11)16-6-12-5-13-8-17(29)21(26(27)34)25(33)19(13)23(31)18(12)24(32)20(16)22(14)30/h3-4,7,10,12-13,19,30,32-33H,5-6,8-9H2,1-2H3,(H2,27,34)/t12-,13+,19?/m1/s1. The van der Waals surface area contributed by atoms with Crippen molar-refractivity contribution in [2.24, 2.45) is 23.5 Å². The number of furan rings is 1. The number of nitrogens with two attached hydrogens (primary N) is 1. The quantitative estimate of drug-likeness (QED) is 0.489. The fourth-order valence-corrected chi connectivity index (χ4v) is 5.90. The zero-order valence-corrected chi connectivity index (χ0v) is 19.4. The summed E-state index contributed by atoms with van der Waals surface area (Å²) >= 11 is 0. The molecule has 1 heterocycles. The Morgan fingerprint density at radius 2 is 1.94 bits per heavy atom. The van der Waals surface area contributed by atoms with Gasteiger partial charge in [-0.1, -0.05) is 0 Å². The number of Topliss-reactive ketones (excluding diaryl/α,β-unsaturated/α-hetero) is 2. The molecule has 5 rings (SSSR count). The molecule has 0 aliphatic heterocycles. The molecule has 0 radical (unpaired) electrons. The SMILES string of the molecule is CN(C)Cc1cc(-c2ccoc2)c2c(c1O)C(O)=C1C(=O)C3C(O)=C(C(N)=O)C(=O)C[C@@H]3C[C@@H]1C2. The number of primary amides is 1. The van der Waals surface area contributed by atoms with E-state index >= 15 is 0 Å². The van der Waals surface area contributed by atoms with Gasteiger partial charge in [0.05, 0.1) is 24.0 Å². The molecule has 9 heteroatoms. The van der Waals surface area contributed by atoms with Crippen molar-refractivity contribution < 1.29 is 34.1 Å². The van der Waals surface area contributed by atoms with Crippen LogP contribution in [0.3, 0.4) is 0 Å². The smallest absolute Gasteiger partial charge is 0.255 e. The predicted molar refractivity (Wildman–Crippen MR) is 125 cm³/mol. The van der Waals surface area contributed by atoms with Crippen LogP contribution in [0, 0.1) is 17.8 Å². The van der Waals surface area contributed by atoms with Crippen LogP contribution >= 0.6 is 0 Å². The second-order valence-corrected chi connectivity index (χ2v) is 9.79. The molecule has 1 aromatic heterocycles. The molecular weight excluding hydrogens is 452 g/mol. The molecule has 1 amide bonds. The number of hydrogen-bond acceptors (Lipinski definition) is 8. The molecule has 0 spiro atoms. The summed E-state index contributed by atoms with van der Waals surface area (Å²) < 4.78 is 5.28. The monoisotopic (exact) mass is 478 g/mol. The Morgan fingerprint density at radius 1 is 1.20 bits per heavy atom. The van der Waals surface area contributed by atoms with E-state index in [2.05, 4.69) is 0 Å². The topological polar surface area (TPSA) is 154 Å². The normalized spacial score (nSPS) is 23.9. The molecule has 0 bridgehead atoms. The maximum absolute atomic E-state index is 13.6. The summed E-state index contributed by atoms with van der Waals surface area (Å²) in [4.78, 5) is 39.7. The van der Waals surface area contributed by atoms with Crippen LogP contribution < -0.4 is 5.73 Å². The third-order valence-electron chi connectivity index (χ3n) is 7.29. The molecule has 182 valence electrons. The summed E-state index contributed by atoms with van der Waals surface area (Å²) in [6.45, 7) is 0.391. The minimum atomic E-state index is -1.13. The lowest BCUT2D eigenvalue weighted by atomic mass is 9.61. The summed E-state index contributed by atoms with van der Waals surface area (Å²) in [7, 11) is 3.71. The van der Waals surface area contributed by atoms with E-state index < -0.39 is 46.6 Å². The van der Waals surface area contributed by atoms with E-state index in [-0.39, 0.29) is 29.1 Å². The Hall–Kier alpha value is -3.85. The number of amides is 1. The van der Waals surface area contributed by atoms with Gasteiger partial charge in [0.15, 0.2) is 11.6 Å². The first-order valence-corrected chi connectivity index (χ1v) is 11.4. The minimum absolute atomic E-state index is 0.0856. The highest BCUT2D eigenvalue weighted by molar-refractivity contribution is 6.21. The van der Waals surface area contributed by atoms with Crippen LogP contribution in [0.25, 0.3) is 16.9 Å². The fraction of sp³-hybridized carbons (Fsp3) is 0.346. The molecular formula is C26H26N2O7. The predicted octanol–water partition coefficient (Wildman–Crippen LogP) is 2.63. The molecule has 1 unspecified atom stereocenters. The van der Waals surface area contributed by atoms with E-state index in [4.69, 9.17) is 10.2 Å². The van der Waals surface area contributed by atoms with Crippen molar-refractivity contribution in [2.45, 2.75) is 25.8 Å². The highest BCUT2D eigenvalue weighted by atomic mass is 16.3. The summed E-state index contributed by atoms with van der Waals surface area (Å²) in [5.41, 5.74) is 7.82. The molecule has 2 aromatic rings. The van der Waals surface area contributed by atoms with Gasteiger partial charge in [-0.3, -0.25) is 14.4 Å². The zero-order chi connectivity index (χ0) is 25.2. The first-order valence-electron chi connectivity index (χ1n) is 11.4. The molecule has 0 saturated heterocycles. The number of hydrogen-bond donors (Lipinski definition) is 4. The maximum atomic E-state index is 13.6. The number of carbonyl (C=O) groups is 3. The van der Waals surface area contributed by atoms with Crippen LogP contribution in [0.2, 0.25) is 0 Å². The number of ketones is 2. The van der Waals surface area contributed by atoms with E-state index in [9.17, 15) is 29.7 Å². The Bertz CT molecular complexity index is 1330. The third kappa shape index (κ3) is 3.46. The van der Waals surface area contributed by atoms with Gasteiger partial charge in [0.1, 0.15) is 22.8 Å². The molecule has 3 atom stereocenters. The van der Waals surface area contributed by atoms with E-state index in [1.54, 1.807) is 12.3 Å². The van der Waals surface area contributed by atoms with Crippen LogP contribution in [0.1, 0.15) is 29.5 Å². The van der Waals surface area contributed by atoms with Crippen molar-refractivity contribution in [1.29, 1.82) is 0 Å². The van der Waals surface area contributed by atoms with Crippen molar-refractivity contribution in [2.75, 3.05) is 14.1 Å². The average molecular weight is 479 g/mol. The summed E-state index contributed by atoms with van der Waals surface area (Å²) in [5, 5.41) is 33.2. The van der Waals surface area contributed by atoms with Crippen molar-refractivity contribution in [3.63, 3.8) is 0 Å². The summed E-state index contributed by atoms with van der Waals surface area (Å²) in [5.74, 6) is -5.37. The number of rotatable bonds is 4. The number of aromatic hydroxyl groups is 1. The number of fused-ring (bicyclic) bond motifs is 3. The van der Waals surface area contributed by atoms with Crippen molar-refractivity contribution in [3.8, 4) is 16.9 Å². The Labute approximate surface area is 201 Å². The van der Waals surface area contributed by atoms with Crippen molar-refractivity contribution >= 4 is 23.2 Å². The number of aliphatic hydroxyl groups is 2. The van der Waals surface area contributed by atoms with E-state index in [1.807, 2.05) is 25.1 Å². The number of phenolic OH excluding ortho intramolecular Hbond substituents is 1. The zero-order valence-electron chi connectivity index (χ0n) is 19.4. The van der Waals surface area contributed by atoms with Crippen molar-refractivity contribution in [3.05, 3.63) is 58.3 Å². The molecule has 35 heavy (non-hydrogen) atoms. The number of aliphatic hydroxyl groups excluding tert-OH is 2. The van der Waals surface area contributed by atoms with Crippen molar-refractivity contribution in [1.82, 2.24) is 4.90 Å². The summed E-state index contributed by atoms with van der Waals surface area (Å²) in [6.07, 6.45) is 3.73. The minimum Gasteiger partial charge on any atom is -0.511 e. The molecule has 1 fully saturated rings. The Kier molecular flexibility index (Phi) is 5.32. The van der Waals surface area contributed by atoms with Gasteiger partial charge in [-0.15, -0.1) is 0 Å². The second-order valence-electron chi connectivity index (χ2n) is 9.79. The fourth-order valence-electron chi connectivity index (χ4n) is 5.90. The molecule has 1 aromatic carbocycles. The number of nitrogens with zero attached hydrogens (tertiary/aromatic N) is 1. The third-order valence-corrected chi connectivity index (χ3v) is 7.29. The Balaban J connectivity index is 1.71. The average Bonchev–Trinajstić information content (AvgIpc) is 3.29. The van der Waals surface area contributed by atoms with E-state index in [1.165, 1.54) is 6.26 Å². The summed E-state index contributed by atoms with van der Waals surface area (Å²) in [6, 6.07) is 3.65. The highest BCUT2D eigenvalue weighted by Crippen LogP contribution is 2.52. The second kappa shape index (κ2) is 8.13. The molecule has 1 saturated carbocycles. The molecule has 3 aliphatic rings. The van der Waals surface area contributed by atoms with Gasteiger partial charge in [-0.05, 0) is 62.0 Å². The molecule has 5 N–H and O–H groups in total.